The Morgan fingerprint density at radius 2 is 1.77 bits per heavy atom. The molecule has 3 aromatic rings. The normalized spacial score (nSPS) is 10.4. The van der Waals surface area contributed by atoms with Gasteiger partial charge >= 0.3 is 0 Å². The summed E-state index contributed by atoms with van der Waals surface area (Å²) in [6, 6.07) is 19.7. The van der Waals surface area contributed by atoms with Crippen molar-refractivity contribution in [1.82, 2.24) is 4.98 Å². The first-order valence-electron chi connectivity index (χ1n) is 7.22. The summed E-state index contributed by atoms with van der Waals surface area (Å²) in [5, 5.41) is 0. The van der Waals surface area contributed by atoms with E-state index >= 15 is 0 Å². The number of hydrogen-bond acceptors (Lipinski definition) is 3. The molecule has 0 aliphatic rings. The zero-order chi connectivity index (χ0) is 15.4. The van der Waals surface area contributed by atoms with Gasteiger partial charge in [-0.3, -0.25) is 4.98 Å². The highest BCUT2D eigenvalue weighted by molar-refractivity contribution is 5.59. The Morgan fingerprint density at radius 1 is 0.955 bits per heavy atom. The van der Waals surface area contributed by atoms with Crippen LogP contribution < -0.4 is 10.5 Å². The Bertz CT molecular complexity index is 732. The SMILES string of the molecule is Cc1cccc(N)c1COc1ccc(-c2ccccn2)cc1. The van der Waals surface area contributed by atoms with Gasteiger partial charge in [-0.2, -0.15) is 0 Å². The van der Waals surface area contributed by atoms with Gasteiger partial charge in [-0.1, -0.05) is 18.2 Å². The summed E-state index contributed by atoms with van der Waals surface area (Å²) in [5.41, 5.74) is 11.0. The van der Waals surface area contributed by atoms with Gasteiger partial charge in [0.15, 0.2) is 0 Å². The van der Waals surface area contributed by atoms with Gasteiger partial charge in [-0.25, -0.2) is 0 Å². The third kappa shape index (κ3) is 3.09. The molecule has 110 valence electrons. The number of pyridine rings is 1. The Kier molecular flexibility index (Phi) is 4.05. The second-order valence-electron chi connectivity index (χ2n) is 5.17. The lowest BCUT2D eigenvalue weighted by Gasteiger charge is -2.11. The lowest BCUT2D eigenvalue weighted by molar-refractivity contribution is 0.306. The molecule has 3 rings (SSSR count). The molecule has 3 nitrogen and oxygen atoms in total. The quantitative estimate of drug-likeness (QED) is 0.732. The number of rotatable bonds is 4. The minimum absolute atomic E-state index is 0.474. The fourth-order valence-corrected chi connectivity index (χ4v) is 2.33. The van der Waals surface area contributed by atoms with E-state index in [0.717, 1.165) is 33.8 Å². The molecule has 0 bridgehead atoms. The number of hydrogen-bond donors (Lipinski definition) is 1. The van der Waals surface area contributed by atoms with Crippen molar-refractivity contribution in [2.24, 2.45) is 0 Å². The Hall–Kier alpha value is -2.81. The van der Waals surface area contributed by atoms with Crippen LogP contribution in [-0.2, 0) is 6.61 Å². The van der Waals surface area contributed by atoms with Crippen LogP contribution in [0, 0.1) is 6.92 Å². The summed E-state index contributed by atoms with van der Waals surface area (Å²) in [6.45, 7) is 2.51. The number of aryl methyl sites for hydroxylation is 1. The van der Waals surface area contributed by atoms with Crippen molar-refractivity contribution in [3.05, 3.63) is 78.0 Å². The number of nitrogen functional groups attached to an aromatic ring is 1. The molecular formula is C19H18N2O. The van der Waals surface area contributed by atoms with E-state index < -0.39 is 0 Å². The molecule has 3 heteroatoms. The molecule has 0 aliphatic carbocycles. The highest BCUT2D eigenvalue weighted by atomic mass is 16.5. The maximum atomic E-state index is 6.00. The molecule has 22 heavy (non-hydrogen) atoms. The van der Waals surface area contributed by atoms with Crippen LogP contribution >= 0.6 is 0 Å². The van der Waals surface area contributed by atoms with Crippen molar-refractivity contribution >= 4 is 5.69 Å². The Balaban J connectivity index is 1.72. The molecule has 1 heterocycles. The van der Waals surface area contributed by atoms with E-state index in [1.165, 1.54) is 0 Å². The van der Waals surface area contributed by atoms with Gasteiger partial charge in [0.2, 0.25) is 0 Å². The molecule has 2 aromatic carbocycles. The highest BCUT2D eigenvalue weighted by Gasteiger charge is 2.04. The Morgan fingerprint density at radius 3 is 2.45 bits per heavy atom. The van der Waals surface area contributed by atoms with Gasteiger partial charge in [0.1, 0.15) is 12.4 Å². The van der Waals surface area contributed by atoms with Gasteiger partial charge < -0.3 is 10.5 Å². The number of benzene rings is 2. The van der Waals surface area contributed by atoms with Crippen molar-refractivity contribution in [1.29, 1.82) is 0 Å². The predicted octanol–water partition coefficient (Wildman–Crippen LogP) is 4.22. The van der Waals surface area contributed by atoms with Crippen molar-refractivity contribution in [2.45, 2.75) is 13.5 Å². The third-order valence-corrected chi connectivity index (χ3v) is 3.64. The number of ether oxygens (including phenoxy) is 1. The van der Waals surface area contributed by atoms with Gasteiger partial charge in [0.05, 0.1) is 5.69 Å². The Labute approximate surface area is 130 Å². The maximum absolute atomic E-state index is 6.00. The number of anilines is 1. The second kappa shape index (κ2) is 6.31. The summed E-state index contributed by atoms with van der Waals surface area (Å²) >= 11 is 0. The number of nitrogens with zero attached hydrogens (tertiary/aromatic N) is 1. The first-order chi connectivity index (χ1) is 10.7. The lowest BCUT2D eigenvalue weighted by atomic mass is 10.1. The van der Waals surface area contributed by atoms with Crippen LogP contribution in [0.4, 0.5) is 5.69 Å². The van der Waals surface area contributed by atoms with Crippen molar-refractivity contribution in [3.8, 4) is 17.0 Å². The van der Waals surface area contributed by atoms with Crippen molar-refractivity contribution in [2.75, 3.05) is 5.73 Å². The van der Waals surface area contributed by atoms with E-state index in [1.807, 2.05) is 67.6 Å². The monoisotopic (exact) mass is 290 g/mol. The average Bonchev–Trinajstić information content (AvgIpc) is 2.56. The predicted molar refractivity (Wildman–Crippen MR) is 89.6 cm³/mol. The van der Waals surface area contributed by atoms with E-state index in [-0.39, 0.29) is 0 Å². The van der Waals surface area contributed by atoms with Crippen LogP contribution in [0.25, 0.3) is 11.3 Å². The molecule has 0 saturated carbocycles. The van der Waals surface area contributed by atoms with E-state index in [9.17, 15) is 0 Å². The van der Waals surface area contributed by atoms with Crippen molar-refractivity contribution < 1.29 is 4.74 Å². The summed E-state index contributed by atoms with van der Waals surface area (Å²) in [4.78, 5) is 4.34. The second-order valence-corrected chi connectivity index (χ2v) is 5.17. The lowest BCUT2D eigenvalue weighted by Crippen LogP contribution is -2.02. The molecule has 0 aliphatic heterocycles. The molecule has 0 unspecified atom stereocenters. The molecule has 0 amide bonds. The molecule has 0 saturated heterocycles. The molecular weight excluding hydrogens is 272 g/mol. The van der Waals surface area contributed by atoms with Crippen LogP contribution in [0.15, 0.2) is 66.9 Å². The summed E-state index contributed by atoms with van der Waals surface area (Å²) < 4.78 is 5.84. The standard InChI is InChI=1S/C19H18N2O/c1-14-5-4-6-18(20)17(14)13-22-16-10-8-15(9-11-16)19-7-2-3-12-21-19/h2-12H,13,20H2,1H3. The summed E-state index contributed by atoms with van der Waals surface area (Å²) in [6.07, 6.45) is 1.79. The van der Waals surface area contributed by atoms with Gasteiger partial charge in [0, 0.05) is 23.0 Å². The zero-order valence-corrected chi connectivity index (χ0v) is 12.5. The molecule has 0 atom stereocenters. The fourth-order valence-electron chi connectivity index (χ4n) is 2.33. The van der Waals surface area contributed by atoms with Crippen LogP contribution in [0.2, 0.25) is 0 Å². The first-order valence-corrected chi connectivity index (χ1v) is 7.22. The minimum atomic E-state index is 0.474. The topological polar surface area (TPSA) is 48.1 Å². The fraction of sp³-hybridized carbons (Fsp3) is 0.105. The minimum Gasteiger partial charge on any atom is -0.489 e. The molecule has 0 spiro atoms. The van der Waals surface area contributed by atoms with Crippen LogP contribution in [0.3, 0.4) is 0 Å². The summed E-state index contributed by atoms with van der Waals surface area (Å²) in [7, 11) is 0. The van der Waals surface area contributed by atoms with E-state index in [2.05, 4.69) is 4.98 Å². The van der Waals surface area contributed by atoms with Crippen LogP contribution in [-0.4, -0.2) is 4.98 Å². The smallest absolute Gasteiger partial charge is 0.119 e. The number of aromatic nitrogens is 1. The largest absolute Gasteiger partial charge is 0.489 e. The van der Waals surface area contributed by atoms with E-state index in [0.29, 0.717) is 6.61 Å². The average molecular weight is 290 g/mol. The molecule has 2 N–H and O–H groups in total. The maximum Gasteiger partial charge on any atom is 0.119 e. The van der Waals surface area contributed by atoms with Crippen LogP contribution in [0.1, 0.15) is 11.1 Å². The molecule has 1 aromatic heterocycles. The van der Waals surface area contributed by atoms with Gasteiger partial charge in [-0.15, -0.1) is 0 Å². The molecule has 0 fully saturated rings. The van der Waals surface area contributed by atoms with Gasteiger partial charge in [-0.05, 0) is 55.0 Å². The van der Waals surface area contributed by atoms with Crippen LogP contribution in [0.5, 0.6) is 5.75 Å². The highest BCUT2D eigenvalue weighted by Crippen LogP contribution is 2.23. The van der Waals surface area contributed by atoms with E-state index in [1.54, 1.807) is 6.20 Å². The number of nitrogens with two attached hydrogens (primary N) is 1. The van der Waals surface area contributed by atoms with Crippen molar-refractivity contribution in [3.63, 3.8) is 0 Å². The first kappa shape index (κ1) is 14.1. The third-order valence-electron chi connectivity index (χ3n) is 3.64. The summed E-state index contributed by atoms with van der Waals surface area (Å²) in [5.74, 6) is 0.822. The van der Waals surface area contributed by atoms with E-state index in [4.69, 9.17) is 10.5 Å². The van der Waals surface area contributed by atoms with Gasteiger partial charge in [0.25, 0.3) is 0 Å². The molecule has 0 radical (unpaired) electrons. The zero-order valence-electron chi connectivity index (χ0n) is 12.5.